The Morgan fingerprint density at radius 3 is 2.50 bits per heavy atom. The Morgan fingerprint density at radius 1 is 1.11 bits per heavy atom. The normalized spacial score (nSPS) is 17.1. The maximum Gasteiger partial charge on any atom is 0.150 e. The second-order valence-electron chi connectivity index (χ2n) is 7.98. The Kier molecular flexibility index (Phi) is 5.19. The summed E-state index contributed by atoms with van der Waals surface area (Å²) in [5.74, 6) is 2.36. The van der Waals surface area contributed by atoms with E-state index in [1.54, 1.807) is 0 Å². The summed E-state index contributed by atoms with van der Waals surface area (Å²) < 4.78 is 3.32. The molecule has 1 fully saturated rings. The van der Waals surface area contributed by atoms with E-state index in [4.69, 9.17) is 9.97 Å². The highest BCUT2D eigenvalue weighted by atomic mass is 79.9. The van der Waals surface area contributed by atoms with Gasteiger partial charge in [0.15, 0.2) is 5.65 Å². The Morgan fingerprint density at radius 2 is 1.82 bits per heavy atom. The molecule has 1 aliphatic heterocycles. The van der Waals surface area contributed by atoms with Crippen molar-refractivity contribution in [1.29, 1.82) is 0 Å². The van der Waals surface area contributed by atoms with E-state index in [2.05, 4.69) is 64.5 Å². The van der Waals surface area contributed by atoms with Gasteiger partial charge in [-0.05, 0) is 75.3 Å². The lowest BCUT2D eigenvalue weighted by Gasteiger charge is -2.20. The van der Waals surface area contributed by atoms with Crippen LogP contribution in [0.15, 0.2) is 22.8 Å². The van der Waals surface area contributed by atoms with Gasteiger partial charge >= 0.3 is 0 Å². The average molecular weight is 443 g/mol. The standard InChI is InChI=1S/C22H27BrN4O/c1-13-9-18(23)10-14(2)20(13)27-11-15(3)19-21(24-16(4)25-22(19)27)26-7-5-17(12-26)6-8-28/h9-11,17,28H,5-8,12H2,1-4H3. The number of aryl methyl sites for hydroxylation is 4. The van der Waals surface area contributed by atoms with Crippen molar-refractivity contribution in [2.24, 2.45) is 5.92 Å². The Hall–Kier alpha value is -1.92. The van der Waals surface area contributed by atoms with E-state index in [9.17, 15) is 5.11 Å². The first-order valence-electron chi connectivity index (χ1n) is 9.88. The van der Waals surface area contributed by atoms with Crippen molar-refractivity contribution in [3.63, 3.8) is 0 Å². The van der Waals surface area contributed by atoms with Crippen molar-refractivity contribution in [3.8, 4) is 5.69 Å². The fraction of sp³-hybridized carbons (Fsp3) is 0.455. The van der Waals surface area contributed by atoms with E-state index in [1.165, 1.54) is 22.4 Å². The fourth-order valence-electron chi connectivity index (χ4n) is 4.52. The van der Waals surface area contributed by atoms with E-state index in [0.29, 0.717) is 5.92 Å². The second kappa shape index (κ2) is 7.48. The predicted molar refractivity (Wildman–Crippen MR) is 118 cm³/mol. The maximum atomic E-state index is 9.29. The Balaban J connectivity index is 1.88. The zero-order chi connectivity index (χ0) is 20.0. The molecule has 6 heteroatoms. The molecule has 1 N–H and O–H groups in total. The summed E-state index contributed by atoms with van der Waals surface area (Å²) in [7, 11) is 0. The third-order valence-corrected chi connectivity index (χ3v) is 6.21. The first-order valence-corrected chi connectivity index (χ1v) is 10.7. The molecule has 1 saturated heterocycles. The minimum absolute atomic E-state index is 0.258. The van der Waals surface area contributed by atoms with E-state index in [-0.39, 0.29) is 6.61 Å². The van der Waals surface area contributed by atoms with Crippen LogP contribution in [0.4, 0.5) is 5.82 Å². The van der Waals surface area contributed by atoms with Gasteiger partial charge in [0.05, 0.1) is 11.1 Å². The number of rotatable bonds is 4. The zero-order valence-corrected chi connectivity index (χ0v) is 18.5. The largest absolute Gasteiger partial charge is 0.396 e. The fourth-order valence-corrected chi connectivity index (χ4v) is 5.20. The molecular weight excluding hydrogens is 416 g/mol. The van der Waals surface area contributed by atoms with E-state index < -0.39 is 0 Å². The first-order chi connectivity index (χ1) is 13.4. The molecule has 5 nitrogen and oxygen atoms in total. The van der Waals surface area contributed by atoms with Gasteiger partial charge in [0.1, 0.15) is 11.6 Å². The third kappa shape index (κ3) is 3.33. The minimum Gasteiger partial charge on any atom is -0.396 e. The van der Waals surface area contributed by atoms with Gasteiger partial charge in [-0.3, -0.25) is 0 Å². The smallest absolute Gasteiger partial charge is 0.150 e. The lowest BCUT2D eigenvalue weighted by molar-refractivity contribution is 0.263. The van der Waals surface area contributed by atoms with Gasteiger partial charge in [0.2, 0.25) is 0 Å². The summed E-state index contributed by atoms with van der Waals surface area (Å²) in [4.78, 5) is 12.0. The molecule has 4 rings (SSSR count). The van der Waals surface area contributed by atoms with Gasteiger partial charge < -0.3 is 14.6 Å². The van der Waals surface area contributed by atoms with Crippen LogP contribution in [0.5, 0.6) is 0 Å². The van der Waals surface area contributed by atoms with E-state index >= 15 is 0 Å². The molecule has 3 aromatic rings. The molecule has 0 aliphatic carbocycles. The van der Waals surface area contributed by atoms with Crippen LogP contribution in [-0.4, -0.2) is 39.3 Å². The van der Waals surface area contributed by atoms with Gasteiger partial charge in [-0.15, -0.1) is 0 Å². The minimum atomic E-state index is 0.258. The van der Waals surface area contributed by atoms with Gasteiger partial charge in [0.25, 0.3) is 0 Å². The van der Waals surface area contributed by atoms with Crippen molar-refractivity contribution in [1.82, 2.24) is 14.5 Å². The number of benzene rings is 1. The summed E-state index contributed by atoms with van der Waals surface area (Å²) in [6, 6.07) is 4.30. The quantitative estimate of drug-likeness (QED) is 0.639. The number of aliphatic hydroxyl groups is 1. The van der Waals surface area contributed by atoms with Crippen LogP contribution in [0.3, 0.4) is 0 Å². The molecule has 0 saturated carbocycles. The summed E-state index contributed by atoms with van der Waals surface area (Å²) in [6.45, 7) is 10.6. The molecular formula is C22H27BrN4O. The highest BCUT2D eigenvalue weighted by Gasteiger charge is 2.27. The molecule has 3 heterocycles. The number of hydrogen-bond acceptors (Lipinski definition) is 4. The SMILES string of the molecule is Cc1nc(N2CCC(CCO)C2)c2c(C)cn(-c3c(C)cc(Br)cc3C)c2n1. The van der Waals surface area contributed by atoms with Crippen LogP contribution >= 0.6 is 15.9 Å². The highest BCUT2D eigenvalue weighted by Crippen LogP contribution is 2.35. The predicted octanol–water partition coefficient (Wildman–Crippen LogP) is 4.63. The van der Waals surface area contributed by atoms with Crippen LogP contribution in [0.25, 0.3) is 16.7 Å². The average Bonchev–Trinajstić information content (AvgIpc) is 3.19. The van der Waals surface area contributed by atoms with E-state index in [0.717, 1.165) is 53.1 Å². The number of anilines is 1. The Labute approximate surface area is 174 Å². The monoisotopic (exact) mass is 442 g/mol. The molecule has 1 atom stereocenters. The van der Waals surface area contributed by atoms with Crippen molar-refractivity contribution < 1.29 is 5.11 Å². The lowest BCUT2D eigenvalue weighted by Crippen LogP contribution is -2.22. The molecule has 0 spiro atoms. The lowest BCUT2D eigenvalue weighted by atomic mass is 10.1. The number of hydrogen-bond donors (Lipinski definition) is 1. The molecule has 2 aromatic heterocycles. The molecule has 148 valence electrons. The molecule has 0 radical (unpaired) electrons. The number of fused-ring (bicyclic) bond motifs is 1. The topological polar surface area (TPSA) is 54.2 Å². The molecule has 0 bridgehead atoms. The molecule has 28 heavy (non-hydrogen) atoms. The van der Waals surface area contributed by atoms with Crippen molar-refractivity contribution in [2.45, 2.75) is 40.5 Å². The van der Waals surface area contributed by atoms with Crippen LogP contribution in [0, 0.1) is 33.6 Å². The number of halogens is 1. The van der Waals surface area contributed by atoms with Crippen LogP contribution in [0.2, 0.25) is 0 Å². The van der Waals surface area contributed by atoms with Gasteiger partial charge in [-0.25, -0.2) is 9.97 Å². The molecule has 1 aliphatic rings. The van der Waals surface area contributed by atoms with Gasteiger partial charge in [-0.1, -0.05) is 15.9 Å². The summed E-state index contributed by atoms with van der Waals surface area (Å²) >= 11 is 3.60. The van der Waals surface area contributed by atoms with Gasteiger partial charge in [0, 0.05) is 30.4 Å². The van der Waals surface area contributed by atoms with Gasteiger partial charge in [-0.2, -0.15) is 0 Å². The first kappa shape index (κ1) is 19.4. The van der Waals surface area contributed by atoms with Crippen LogP contribution in [-0.2, 0) is 0 Å². The number of nitrogens with zero attached hydrogens (tertiary/aromatic N) is 4. The highest BCUT2D eigenvalue weighted by molar-refractivity contribution is 9.10. The molecule has 1 aromatic carbocycles. The third-order valence-electron chi connectivity index (χ3n) is 5.75. The number of aromatic nitrogens is 3. The van der Waals surface area contributed by atoms with Crippen molar-refractivity contribution in [2.75, 3.05) is 24.6 Å². The Bertz CT molecular complexity index is 1020. The molecule has 0 amide bonds. The summed E-state index contributed by atoms with van der Waals surface area (Å²) in [5, 5.41) is 10.4. The summed E-state index contributed by atoms with van der Waals surface area (Å²) in [5.41, 5.74) is 5.78. The summed E-state index contributed by atoms with van der Waals surface area (Å²) in [6.07, 6.45) is 4.16. The van der Waals surface area contributed by atoms with Crippen LogP contribution < -0.4 is 4.90 Å². The van der Waals surface area contributed by atoms with Crippen molar-refractivity contribution in [3.05, 3.63) is 45.3 Å². The number of aliphatic hydroxyl groups excluding tert-OH is 1. The maximum absolute atomic E-state index is 9.29. The van der Waals surface area contributed by atoms with Crippen molar-refractivity contribution >= 4 is 32.8 Å². The molecule has 1 unspecified atom stereocenters. The van der Waals surface area contributed by atoms with E-state index in [1.807, 2.05) is 6.92 Å². The second-order valence-corrected chi connectivity index (χ2v) is 8.89. The van der Waals surface area contributed by atoms with Crippen LogP contribution in [0.1, 0.15) is 35.4 Å². The zero-order valence-electron chi connectivity index (χ0n) is 17.0.